The number of halogens is 5. The summed E-state index contributed by atoms with van der Waals surface area (Å²) in [5.74, 6) is -17.2. The number of ether oxygens (including phenoxy) is 1. The molecule has 0 radical (unpaired) electrons. The van der Waals surface area contributed by atoms with Crippen LogP contribution in [-0.4, -0.2) is 76.8 Å². The minimum absolute atomic E-state index is 0.260. The van der Waals surface area contributed by atoms with Crippen molar-refractivity contribution in [3.05, 3.63) is 64.5 Å². The van der Waals surface area contributed by atoms with Gasteiger partial charge in [-0.25, -0.2) is 22.0 Å². The number of carbonyl (C=O) groups is 4. The van der Waals surface area contributed by atoms with Crippen LogP contribution in [0, 0.1) is 35.0 Å². The van der Waals surface area contributed by atoms with Crippen molar-refractivity contribution in [2.75, 3.05) is 6.61 Å². The Morgan fingerprint density at radius 3 is 2.07 bits per heavy atom. The second-order valence-corrected chi connectivity index (χ2v) is 10.6. The van der Waals surface area contributed by atoms with Gasteiger partial charge < -0.3 is 36.2 Å². The Morgan fingerprint density at radius 1 is 0.909 bits per heavy atom. The van der Waals surface area contributed by atoms with Gasteiger partial charge in [0.05, 0.1) is 35.8 Å². The van der Waals surface area contributed by atoms with Crippen LogP contribution in [0.3, 0.4) is 0 Å². The maximum Gasteiger partial charge on any atom is 0.255 e. The van der Waals surface area contributed by atoms with Crippen LogP contribution in [-0.2, 0) is 25.5 Å². The molecule has 7 unspecified atom stereocenters. The first-order valence-electron chi connectivity index (χ1n) is 13.5. The molecule has 0 bridgehead atoms. The van der Waals surface area contributed by atoms with Crippen LogP contribution in [0.2, 0.25) is 0 Å². The van der Waals surface area contributed by atoms with E-state index in [2.05, 4.69) is 21.3 Å². The molecule has 0 saturated carbocycles. The molecule has 238 valence electrons. The molecule has 4 amide bonds. The molecule has 0 spiro atoms. The van der Waals surface area contributed by atoms with E-state index in [0.29, 0.717) is 6.42 Å². The van der Waals surface area contributed by atoms with Crippen LogP contribution in [0.1, 0.15) is 36.2 Å². The topological polar surface area (TPSA) is 166 Å². The van der Waals surface area contributed by atoms with E-state index in [1.807, 2.05) is 0 Å². The number of aliphatic hydroxyl groups excluding tert-OH is 1. The van der Waals surface area contributed by atoms with Crippen LogP contribution < -0.4 is 21.3 Å². The average Bonchev–Trinajstić information content (AvgIpc) is 2.96. The fourth-order valence-corrected chi connectivity index (χ4v) is 4.91. The van der Waals surface area contributed by atoms with Crippen molar-refractivity contribution < 1.29 is 56.1 Å². The molecule has 0 aromatic heterocycles. The number of phenolic OH excluding ortho intramolecular Hbond substituents is 1. The molecule has 2 aliphatic rings. The fraction of sp³-hybridized carbons (Fsp3) is 0.429. The minimum Gasteiger partial charge on any atom is -0.507 e. The van der Waals surface area contributed by atoms with E-state index in [4.69, 9.17) is 4.74 Å². The van der Waals surface area contributed by atoms with Gasteiger partial charge in [0.15, 0.2) is 23.3 Å². The number of hydrogen-bond acceptors (Lipinski definition) is 7. The third kappa shape index (κ3) is 6.45. The van der Waals surface area contributed by atoms with Gasteiger partial charge in [0, 0.05) is 18.6 Å². The maximum absolute atomic E-state index is 14.6. The lowest BCUT2D eigenvalue weighted by Gasteiger charge is -2.37. The number of hydrogen-bond donors (Lipinski definition) is 6. The quantitative estimate of drug-likeness (QED) is 0.161. The molecule has 2 saturated heterocycles. The summed E-state index contributed by atoms with van der Waals surface area (Å²) >= 11 is 0. The van der Waals surface area contributed by atoms with Gasteiger partial charge in [-0.1, -0.05) is 19.1 Å². The van der Waals surface area contributed by atoms with Crippen LogP contribution in [0.4, 0.5) is 22.0 Å². The molecular weight excluding hydrogens is 599 g/mol. The Kier molecular flexibility index (Phi) is 9.73. The van der Waals surface area contributed by atoms with E-state index in [1.54, 1.807) is 0 Å². The molecular formula is C28H29F5N4O7. The predicted octanol–water partition coefficient (Wildman–Crippen LogP) is 0.703. The normalized spacial score (nSPS) is 28.0. The van der Waals surface area contributed by atoms with E-state index >= 15 is 0 Å². The zero-order valence-corrected chi connectivity index (χ0v) is 23.3. The molecule has 6 N–H and O–H groups in total. The summed E-state index contributed by atoms with van der Waals surface area (Å²) in [6.07, 6.45) is -3.61. The molecule has 11 nitrogen and oxygen atoms in total. The zero-order valence-electron chi connectivity index (χ0n) is 23.3. The summed E-state index contributed by atoms with van der Waals surface area (Å²) in [4.78, 5) is 52.9. The second-order valence-electron chi connectivity index (χ2n) is 10.6. The van der Waals surface area contributed by atoms with Crippen molar-refractivity contribution in [3.8, 4) is 5.75 Å². The van der Waals surface area contributed by atoms with E-state index in [1.165, 1.54) is 31.2 Å². The predicted molar refractivity (Wildman–Crippen MR) is 140 cm³/mol. The summed E-state index contributed by atoms with van der Waals surface area (Å²) in [6, 6.07) is -0.846. The van der Waals surface area contributed by atoms with Gasteiger partial charge in [-0.2, -0.15) is 0 Å². The third-order valence-corrected chi connectivity index (χ3v) is 7.66. The molecule has 44 heavy (non-hydrogen) atoms. The van der Waals surface area contributed by atoms with Crippen LogP contribution in [0.5, 0.6) is 5.75 Å². The minimum atomic E-state index is -2.42. The summed E-state index contributed by atoms with van der Waals surface area (Å²) in [5, 5.41) is 30.7. The monoisotopic (exact) mass is 628 g/mol. The van der Waals surface area contributed by atoms with Crippen molar-refractivity contribution in [1.29, 1.82) is 0 Å². The Morgan fingerprint density at radius 2 is 1.50 bits per heavy atom. The van der Waals surface area contributed by atoms with Gasteiger partial charge in [0.2, 0.25) is 23.5 Å². The Balaban J connectivity index is 1.75. The molecule has 16 heteroatoms. The standard InChI is InChI=1S/C28H29F5N4O7/c1-10-24(39)14(9-13-17(29)19(31)21(33)20(32)18(13)30)35-27(42)22(36-26(41)12-5-3-4-6-15(12)38)11(2)34-28(43)23(37-25(10)40)16-7-8-44-16/h3-6,10-11,14,16,22-24,38-39H,7-9H2,1-2H3,(H,34,43)(H,35,42)(H,36,41)(H,37,40). The molecule has 2 heterocycles. The van der Waals surface area contributed by atoms with E-state index in [0.717, 1.165) is 6.92 Å². The van der Waals surface area contributed by atoms with Crippen LogP contribution in [0.25, 0.3) is 0 Å². The van der Waals surface area contributed by atoms with Crippen molar-refractivity contribution in [3.63, 3.8) is 0 Å². The maximum atomic E-state index is 14.6. The number of amides is 4. The molecule has 2 fully saturated rings. The van der Waals surface area contributed by atoms with Crippen molar-refractivity contribution in [2.24, 2.45) is 5.92 Å². The molecule has 2 aromatic carbocycles. The SMILES string of the molecule is CC1NC(=O)C(C2CCO2)NC(=O)C(C)C(O)C(Cc2c(F)c(F)c(F)c(F)c2F)NC(=O)C1NC(=O)c1ccccc1O. The van der Waals surface area contributed by atoms with Gasteiger partial charge in [0.1, 0.15) is 17.8 Å². The van der Waals surface area contributed by atoms with E-state index < -0.39 is 113 Å². The molecule has 7 atom stereocenters. The second kappa shape index (κ2) is 13.1. The van der Waals surface area contributed by atoms with Gasteiger partial charge in [-0.05, 0) is 25.5 Å². The van der Waals surface area contributed by atoms with Crippen molar-refractivity contribution >= 4 is 23.6 Å². The molecule has 2 aliphatic heterocycles. The van der Waals surface area contributed by atoms with E-state index in [-0.39, 0.29) is 12.2 Å². The fourth-order valence-electron chi connectivity index (χ4n) is 4.91. The lowest BCUT2D eigenvalue weighted by molar-refractivity contribution is -0.144. The van der Waals surface area contributed by atoms with Gasteiger partial charge >= 0.3 is 0 Å². The van der Waals surface area contributed by atoms with Crippen LogP contribution >= 0.6 is 0 Å². The Hall–Kier alpha value is -4.31. The first-order valence-corrected chi connectivity index (χ1v) is 13.5. The number of nitrogens with one attached hydrogen (secondary N) is 4. The molecule has 0 aliphatic carbocycles. The largest absolute Gasteiger partial charge is 0.507 e. The van der Waals surface area contributed by atoms with Crippen molar-refractivity contribution in [2.45, 2.75) is 63.1 Å². The number of phenols is 1. The number of rotatable bonds is 5. The Bertz CT molecular complexity index is 1450. The summed E-state index contributed by atoms with van der Waals surface area (Å²) < 4.78 is 76.3. The van der Waals surface area contributed by atoms with Gasteiger partial charge in [-0.3, -0.25) is 19.2 Å². The highest BCUT2D eigenvalue weighted by atomic mass is 19.2. The summed E-state index contributed by atoms with van der Waals surface area (Å²) in [5.41, 5.74) is -1.63. The number of aromatic hydroxyl groups is 1. The first kappa shape index (κ1) is 32.6. The first-order chi connectivity index (χ1) is 20.7. The van der Waals surface area contributed by atoms with Crippen LogP contribution in [0.15, 0.2) is 24.3 Å². The number of carbonyl (C=O) groups excluding carboxylic acids is 4. The Labute approximate surface area is 247 Å². The van der Waals surface area contributed by atoms with E-state index in [9.17, 15) is 51.3 Å². The highest BCUT2D eigenvalue weighted by Crippen LogP contribution is 2.26. The van der Waals surface area contributed by atoms with Gasteiger partial charge in [0.25, 0.3) is 5.91 Å². The highest BCUT2D eigenvalue weighted by Gasteiger charge is 2.42. The summed E-state index contributed by atoms with van der Waals surface area (Å²) in [6.45, 7) is 2.74. The van der Waals surface area contributed by atoms with Crippen molar-refractivity contribution in [1.82, 2.24) is 21.3 Å². The average molecular weight is 629 g/mol. The number of benzene rings is 2. The summed E-state index contributed by atoms with van der Waals surface area (Å²) in [7, 11) is 0. The highest BCUT2D eigenvalue weighted by molar-refractivity contribution is 6.00. The molecule has 4 rings (SSSR count). The third-order valence-electron chi connectivity index (χ3n) is 7.66. The number of para-hydroxylation sites is 1. The lowest BCUT2D eigenvalue weighted by atomic mass is 9.90. The van der Waals surface area contributed by atoms with Gasteiger partial charge in [-0.15, -0.1) is 0 Å². The lowest BCUT2D eigenvalue weighted by Crippen LogP contribution is -2.66. The molecule has 2 aromatic rings. The zero-order chi connectivity index (χ0) is 32.5. The smallest absolute Gasteiger partial charge is 0.255 e. The number of aliphatic hydroxyl groups is 1.